The third-order valence-electron chi connectivity index (χ3n) is 5.82. The summed E-state index contributed by atoms with van der Waals surface area (Å²) in [6.45, 7) is 7.18. The summed E-state index contributed by atoms with van der Waals surface area (Å²) in [5.74, 6) is -2.59. The summed E-state index contributed by atoms with van der Waals surface area (Å²) < 4.78 is 5.25. The Labute approximate surface area is 182 Å². The summed E-state index contributed by atoms with van der Waals surface area (Å²) in [5, 5.41) is 2.73. The molecule has 1 fully saturated rings. The average molecular weight is 427 g/mol. The van der Waals surface area contributed by atoms with Crippen LogP contribution in [0, 0.1) is 31.6 Å². The number of imide groups is 1. The van der Waals surface area contributed by atoms with E-state index in [-0.39, 0.29) is 17.7 Å². The van der Waals surface area contributed by atoms with Crippen LogP contribution in [0.3, 0.4) is 0 Å². The summed E-state index contributed by atoms with van der Waals surface area (Å²) in [4.78, 5) is 52.1. The molecule has 0 radical (unpaired) electrons. The van der Waals surface area contributed by atoms with E-state index in [1.54, 1.807) is 6.07 Å². The second kappa shape index (κ2) is 9.45. The Kier molecular flexibility index (Phi) is 6.93. The number of nitrogens with one attached hydrogen (secondary N) is 1. The molecule has 31 heavy (non-hydrogen) atoms. The maximum absolute atomic E-state index is 12.9. The summed E-state index contributed by atoms with van der Waals surface area (Å²) in [6, 6.07) is 4.61. The summed E-state index contributed by atoms with van der Waals surface area (Å²) in [5.41, 5.74) is 2.63. The van der Waals surface area contributed by atoms with Crippen LogP contribution in [0.2, 0.25) is 0 Å². The second-order valence-corrected chi connectivity index (χ2v) is 8.82. The molecule has 1 N–H and O–H groups in total. The number of amides is 3. The van der Waals surface area contributed by atoms with E-state index in [4.69, 9.17) is 4.74 Å². The van der Waals surface area contributed by atoms with E-state index in [0.29, 0.717) is 24.9 Å². The minimum Gasteiger partial charge on any atom is -0.454 e. The number of anilines is 1. The van der Waals surface area contributed by atoms with Crippen LogP contribution >= 0.6 is 0 Å². The smallest absolute Gasteiger partial charge is 0.329 e. The number of hydrogen-bond donors (Lipinski definition) is 1. The van der Waals surface area contributed by atoms with Crippen LogP contribution in [0.1, 0.15) is 44.2 Å². The molecule has 0 aromatic heterocycles. The average Bonchev–Trinajstić information content (AvgIpc) is 2.97. The Morgan fingerprint density at radius 3 is 2.26 bits per heavy atom. The van der Waals surface area contributed by atoms with Crippen LogP contribution in [0.5, 0.6) is 0 Å². The van der Waals surface area contributed by atoms with Crippen molar-refractivity contribution in [2.24, 2.45) is 17.8 Å². The Hall–Kier alpha value is -2.96. The van der Waals surface area contributed by atoms with Crippen LogP contribution in [0.4, 0.5) is 5.69 Å². The van der Waals surface area contributed by atoms with Gasteiger partial charge in [-0.05, 0) is 50.7 Å². The number of carbonyl (C=O) groups is 4. The molecule has 0 bridgehead atoms. The molecule has 0 spiro atoms. The zero-order valence-electron chi connectivity index (χ0n) is 18.5. The molecule has 7 nitrogen and oxygen atoms in total. The lowest BCUT2D eigenvalue weighted by Crippen LogP contribution is -2.47. The van der Waals surface area contributed by atoms with E-state index in [9.17, 15) is 19.2 Å². The van der Waals surface area contributed by atoms with Crippen molar-refractivity contribution in [2.45, 2.75) is 53.0 Å². The SMILES string of the molecule is Cc1ccc(NC(=O)COC(=O)[C@H](CC(C)C)N2C(=O)[C@@H]3CC=CC[C@H]3C2=O)c(C)c1. The first-order chi connectivity index (χ1) is 14.7. The monoisotopic (exact) mass is 426 g/mol. The van der Waals surface area contributed by atoms with Crippen molar-refractivity contribution in [3.8, 4) is 0 Å². The molecule has 1 aromatic carbocycles. The van der Waals surface area contributed by atoms with Gasteiger partial charge >= 0.3 is 5.97 Å². The molecule has 0 saturated carbocycles. The van der Waals surface area contributed by atoms with Crippen molar-refractivity contribution in [3.63, 3.8) is 0 Å². The van der Waals surface area contributed by atoms with Gasteiger partial charge in [0.1, 0.15) is 6.04 Å². The molecular weight excluding hydrogens is 396 g/mol. The number of fused-ring (bicyclic) bond motifs is 1. The fourth-order valence-corrected chi connectivity index (χ4v) is 4.26. The van der Waals surface area contributed by atoms with Crippen LogP contribution in [-0.4, -0.2) is 41.2 Å². The molecule has 3 amide bonds. The number of aryl methyl sites for hydroxylation is 2. The van der Waals surface area contributed by atoms with Crippen molar-refractivity contribution in [2.75, 3.05) is 11.9 Å². The highest BCUT2D eigenvalue weighted by Crippen LogP contribution is 2.37. The first kappa shape index (κ1) is 22.7. The Morgan fingerprint density at radius 2 is 1.71 bits per heavy atom. The lowest BCUT2D eigenvalue weighted by molar-refractivity contribution is -0.160. The molecule has 7 heteroatoms. The van der Waals surface area contributed by atoms with Gasteiger partial charge in [0.05, 0.1) is 11.8 Å². The number of ether oxygens (including phenoxy) is 1. The number of likely N-dealkylation sites (tertiary alicyclic amines) is 1. The lowest BCUT2D eigenvalue weighted by atomic mass is 9.85. The van der Waals surface area contributed by atoms with E-state index in [1.165, 1.54) is 0 Å². The van der Waals surface area contributed by atoms with Crippen molar-refractivity contribution in [1.29, 1.82) is 0 Å². The zero-order valence-corrected chi connectivity index (χ0v) is 18.5. The predicted octanol–water partition coefficient (Wildman–Crippen LogP) is 3.15. The number of benzene rings is 1. The molecule has 3 rings (SSSR count). The number of esters is 1. The largest absolute Gasteiger partial charge is 0.454 e. The topological polar surface area (TPSA) is 92.8 Å². The highest BCUT2D eigenvalue weighted by atomic mass is 16.5. The van der Waals surface area contributed by atoms with Crippen LogP contribution in [0.15, 0.2) is 30.4 Å². The standard InChI is InChI=1S/C24H30N2O5/c1-14(2)11-20(26-22(28)17-7-5-6-8-18(17)23(26)29)24(30)31-13-21(27)25-19-10-9-15(3)12-16(19)4/h5-6,9-10,12,14,17-18,20H,7-8,11,13H2,1-4H3,(H,25,27)/t17-,18-,20+/m1/s1. The molecule has 3 atom stereocenters. The normalized spacial score (nSPS) is 21.3. The quantitative estimate of drug-likeness (QED) is 0.411. The van der Waals surface area contributed by atoms with Crippen molar-refractivity contribution in [3.05, 3.63) is 41.5 Å². The van der Waals surface area contributed by atoms with Crippen LogP contribution < -0.4 is 5.32 Å². The molecule has 1 aliphatic carbocycles. The molecule has 0 unspecified atom stereocenters. The third-order valence-corrected chi connectivity index (χ3v) is 5.82. The van der Waals surface area contributed by atoms with Gasteiger partial charge in [-0.1, -0.05) is 43.7 Å². The van der Waals surface area contributed by atoms with Gasteiger partial charge in [-0.2, -0.15) is 0 Å². The minimum atomic E-state index is -1.01. The summed E-state index contributed by atoms with van der Waals surface area (Å²) >= 11 is 0. The molecular formula is C24H30N2O5. The fourth-order valence-electron chi connectivity index (χ4n) is 4.26. The zero-order chi connectivity index (χ0) is 22.7. The molecule has 1 heterocycles. The van der Waals surface area contributed by atoms with E-state index in [0.717, 1.165) is 16.0 Å². The van der Waals surface area contributed by atoms with Gasteiger partial charge < -0.3 is 10.1 Å². The number of rotatable bonds is 7. The molecule has 1 saturated heterocycles. The number of nitrogens with zero attached hydrogens (tertiary/aromatic N) is 1. The summed E-state index contributed by atoms with van der Waals surface area (Å²) in [7, 11) is 0. The lowest BCUT2D eigenvalue weighted by Gasteiger charge is -2.26. The second-order valence-electron chi connectivity index (χ2n) is 8.82. The number of hydrogen-bond acceptors (Lipinski definition) is 5. The van der Waals surface area contributed by atoms with Gasteiger partial charge in [0.25, 0.3) is 5.91 Å². The Morgan fingerprint density at radius 1 is 1.10 bits per heavy atom. The van der Waals surface area contributed by atoms with Gasteiger partial charge in [-0.25, -0.2) is 4.79 Å². The Bertz CT molecular complexity index is 895. The van der Waals surface area contributed by atoms with E-state index >= 15 is 0 Å². The van der Waals surface area contributed by atoms with E-state index in [1.807, 2.05) is 52.0 Å². The maximum Gasteiger partial charge on any atom is 0.329 e. The van der Waals surface area contributed by atoms with Gasteiger partial charge in [-0.3, -0.25) is 19.3 Å². The number of carbonyl (C=O) groups excluding carboxylic acids is 4. The fraction of sp³-hybridized carbons (Fsp3) is 0.500. The molecule has 166 valence electrons. The van der Waals surface area contributed by atoms with Gasteiger partial charge in [0.2, 0.25) is 11.8 Å². The highest BCUT2D eigenvalue weighted by Gasteiger charge is 2.51. The van der Waals surface area contributed by atoms with Crippen molar-refractivity contribution in [1.82, 2.24) is 4.90 Å². The van der Waals surface area contributed by atoms with Crippen molar-refractivity contribution >= 4 is 29.4 Å². The summed E-state index contributed by atoms with van der Waals surface area (Å²) in [6.07, 6.45) is 5.12. The van der Waals surface area contributed by atoms with Crippen LogP contribution in [0.25, 0.3) is 0 Å². The molecule has 1 aromatic rings. The first-order valence-corrected chi connectivity index (χ1v) is 10.7. The molecule has 1 aliphatic heterocycles. The van der Waals surface area contributed by atoms with Gasteiger partial charge in [0.15, 0.2) is 6.61 Å². The van der Waals surface area contributed by atoms with Crippen molar-refractivity contribution < 1.29 is 23.9 Å². The third kappa shape index (κ3) is 5.03. The van der Waals surface area contributed by atoms with E-state index < -0.39 is 36.4 Å². The van der Waals surface area contributed by atoms with Crippen LogP contribution in [-0.2, 0) is 23.9 Å². The number of allylic oxidation sites excluding steroid dienone is 2. The minimum absolute atomic E-state index is 0.0583. The molecule has 2 aliphatic rings. The predicted molar refractivity (Wildman–Crippen MR) is 116 cm³/mol. The highest BCUT2D eigenvalue weighted by molar-refractivity contribution is 6.08. The first-order valence-electron chi connectivity index (χ1n) is 10.7. The van der Waals surface area contributed by atoms with E-state index in [2.05, 4.69) is 5.32 Å². The maximum atomic E-state index is 12.9. The Balaban J connectivity index is 1.67. The van der Waals surface area contributed by atoms with Gasteiger partial charge in [0, 0.05) is 5.69 Å². The van der Waals surface area contributed by atoms with Gasteiger partial charge in [-0.15, -0.1) is 0 Å².